The normalized spacial score (nSPS) is 20.9. The van der Waals surface area contributed by atoms with E-state index in [1.807, 2.05) is 30.3 Å². The topological polar surface area (TPSA) is 173 Å². The number of benzene rings is 2. The van der Waals surface area contributed by atoms with Crippen molar-refractivity contribution in [1.82, 2.24) is 24.6 Å². The van der Waals surface area contributed by atoms with Crippen LogP contribution in [0.25, 0.3) is 11.2 Å². The minimum Gasteiger partial charge on any atom is -0.460 e. The Morgan fingerprint density at radius 2 is 1.93 bits per heavy atom. The van der Waals surface area contributed by atoms with Gasteiger partial charge in [-0.15, -0.1) is 0 Å². The van der Waals surface area contributed by atoms with Gasteiger partial charge < -0.3 is 24.8 Å². The molecule has 0 aliphatic carbocycles. The summed E-state index contributed by atoms with van der Waals surface area (Å²) in [4.78, 5) is 23.9. The molecular weight excluding hydrogens is 558 g/mol. The highest BCUT2D eigenvalue weighted by molar-refractivity contribution is 7.52. The van der Waals surface area contributed by atoms with E-state index in [-0.39, 0.29) is 42.4 Å². The molecule has 5 atom stereocenters. The summed E-state index contributed by atoms with van der Waals surface area (Å²) < 4.78 is 51.5. The second kappa shape index (κ2) is 12.3. The lowest BCUT2D eigenvalue weighted by Gasteiger charge is -2.24. The predicted molar refractivity (Wildman–Crippen MR) is 144 cm³/mol. The summed E-state index contributed by atoms with van der Waals surface area (Å²) in [5, 5.41) is 13.3. The van der Waals surface area contributed by atoms with E-state index in [1.54, 1.807) is 30.3 Å². The molecule has 0 spiro atoms. The van der Waals surface area contributed by atoms with Gasteiger partial charge in [-0.1, -0.05) is 48.5 Å². The Labute approximate surface area is 234 Å². The number of ether oxygens (including phenoxy) is 2. The Kier molecular flexibility index (Phi) is 8.57. The zero-order chi connectivity index (χ0) is 29.0. The summed E-state index contributed by atoms with van der Waals surface area (Å²) in [5.41, 5.74) is 6.72. The fourth-order valence-electron chi connectivity index (χ4n) is 4.22. The van der Waals surface area contributed by atoms with Crippen LogP contribution in [-0.4, -0.2) is 55.5 Å². The van der Waals surface area contributed by atoms with Gasteiger partial charge in [-0.05, 0) is 24.6 Å². The van der Waals surface area contributed by atoms with Gasteiger partial charge in [0.25, 0.3) is 0 Å². The number of para-hydroxylation sites is 1. The summed E-state index contributed by atoms with van der Waals surface area (Å²) in [6, 6.07) is 16.4. The Balaban J connectivity index is 1.26. The quantitative estimate of drug-likeness (QED) is 0.133. The van der Waals surface area contributed by atoms with E-state index in [0.717, 1.165) is 5.56 Å². The number of aliphatic hydroxyl groups excluding tert-OH is 1. The van der Waals surface area contributed by atoms with Gasteiger partial charge in [0, 0.05) is 6.42 Å². The summed E-state index contributed by atoms with van der Waals surface area (Å²) in [7, 11) is -4.17. The van der Waals surface area contributed by atoms with Crippen LogP contribution < -0.4 is 15.3 Å². The van der Waals surface area contributed by atoms with Gasteiger partial charge in [-0.2, -0.15) is 19.4 Å². The Bertz CT molecular complexity index is 1540. The number of nitrogen functional groups attached to an aromatic ring is 1. The molecule has 216 valence electrons. The number of carbonyl (C=O) groups is 1. The van der Waals surface area contributed by atoms with E-state index in [4.69, 9.17) is 24.3 Å². The van der Waals surface area contributed by atoms with E-state index >= 15 is 0 Å². The molecule has 15 heteroatoms. The number of anilines is 1. The number of nitrogens with zero attached hydrogens (tertiary/aromatic N) is 4. The maximum Gasteiger partial charge on any atom is 0.459 e. The number of rotatable bonds is 11. The fraction of sp³-hybridized carbons (Fsp3) is 0.308. The molecule has 2 aromatic heterocycles. The van der Waals surface area contributed by atoms with Gasteiger partial charge >= 0.3 is 19.8 Å². The van der Waals surface area contributed by atoms with E-state index in [1.165, 1.54) is 17.8 Å². The lowest BCUT2D eigenvalue weighted by Crippen LogP contribution is -2.35. The molecule has 1 unspecified atom stereocenters. The Morgan fingerprint density at radius 3 is 2.66 bits per heavy atom. The molecule has 1 fully saturated rings. The largest absolute Gasteiger partial charge is 0.460 e. The van der Waals surface area contributed by atoms with Crippen molar-refractivity contribution in [2.75, 3.05) is 12.3 Å². The van der Waals surface area contributed by atoms with E-state index < -0.39 is 44.3 Å². The monoisotopic (exact) mass is 586 g/mol. The molecular formula is C26H28FN6O7P. The molecule has 4 N–H and O–H groups in total. The average Bonchev–Trinajstić information content (AvgIpc) is 3.54. The van der Waals surface area contributed by atoms with Crippen molar-refractivity contribution in [2.45, 2.75) is 44.4 Å². The van der Waals surface area contributed by atoms with Crippen LogP contribution in [0.2, 0.25) is 0 Å². The number of halogens is 1. The lowest BCUT2D eigenvalue weighted by atomic mass is 10.2. The molecule has 5 rings (SSSR count). The molecule has 1 aliphatic rings. The molecule has 0 radical (unpaired) electrons. The molecule has 13 nitrogen and oxygen atoms in total. The predicted octanol–water partition coefficient (Wildman–Crippen LogP) is 3.12. The molecule has 0 saturated carbocycles. The van der Waals surface area contributed by atoms with Crippen molar-refractivity contribution in [3.05, 3.63) is 78.6 Å². The lowest BCUT2D eigenvalue weighted by molar-refractivity contribution is -0.146. The molecule has 1 saturated heterocycles. The first kappa shape index (κ1) is 28.6. The zero-order valence-corrected chi connectivity index (χ0v) is 22.8. The number of fused-ring (bicyclic) bond motifs is 1. The first-order valence-corrected chi connectivity index (χ1v) is 14.2. The summed E-state index contributed by atoms with van der Waals surface area (Å²) in [6.45, 7) is 1.23. The van der Waals surface area contributed by atoms with Crippen molar-refractivity contribution in [1.29, 1.82) is 0 Å². The number of carbonyl (C=O) groups excluding carboxylic acids is 1. The van der Waals surface area contributed by atoms with Crippen LogP contribution in [-0.2, 0) is 30.0 Å². The van der Waals surface area contributed by atoms with Gasteiger partial charge in [-0.3, -0.25) is 13.9 Å². The highest BCUT2D eigenvalue weighted by atomic mass is 31.2. The van der Waals surface area contributed by atoms with E-state index in [9.17, 15) is 18.9 Å². The second-order valence-corrected chi connectivity index (χ2v) is 11.0. The number of hydrogen-bond acceptors (Lipinski definition) is 11. The molecule has 4 aromatic rings. The molecule has 0 bridgehead atoms. The Morgan fingerprint density at radius 1 is 1.22 bits per heavy atom. The smallest absolute Gasteiger partial charge is 0.459 e. The zero-order valence-electron chi connectivity index (χ0n) is 21.9. The second-order valence-electron chi connectivity index (χ2n) is 9.30. The van der Waals surface area contributed by atoms with Crippen LogP contribution in [0.1, 0.15) is 25.1 Å². The Hall–Kier alpha value is -3.94. The number of nitrogens with one attached hydrogen (secondary N) is 1. The summed E-state index contributed by atoms with van der Waals surface area (Å²) >= 11 is 0. The minimum atomic E-state index is -4.17. The summed E-state index contributed by atoms with van der Waals surface area (Å²) in [6.07, 6.45) is -2.49. The number of nitrogens with two attached hydrogens (primary N) is 1. The SMILES string of the molecule is C[C@H](NP(=O)(OC[C@@H]1C[C@@H](O)[C@H](n2cnc3c(N)nc(F)nc32)O1)Oc1ccccc1)C(=O)OCc1ccccc1. The van der Waals surface area contributed by atoms with Gasteiger partial charge in [0.2, 0.25) is 0 Å². The fourth-order valence-corrected chi connectivity index (χ4v) is 5.74. The number of aliphatic hydroxyl groups is 1. The third-order valence-electron chi connectivity index (χ3n) is 6.19. The number of hydrogen-bond donors (Lipinski definition) is 3. The van der Waals surface area contributed by atoms with Crippen molar-refractivity contribution < 1.29 is 37.4 Å². The van der Waals surface area contributed by atoms with Crippen molar-refractivity contribution >= 4 is 30.7 Å². The van der Waals surface area contributed by atoms with Crippen LogP contribution in [0.4, 0.5) is 10.2 Å². The summed E-state index contributed by atoms with van der Waals surface area (Å²) in [5.74, 6) is -0.579. The van der Waals surface area contributed by atoms with Crippen LogP contribution in [0, 0.1) is 6.08 Å². The first-order chi connectivity index (χ1) is 19.7. The van der Waals surface area contributed by atoms with Crippen LogP contribution in [0.3, 0.4) is 0 Å². The highest BCUT2D eigenvalue weighted by Crippen LogP contribution is 2.46. The molecule has 1 aliphatic heterocycles. The highest BCUT2D eigenvalue weighted by Gasteiger charge is 2.39. The number of esters is 1. The number of aromatic nitrogens is 4. The molecule has 2 aromatic carbocycles. The van der Waals surface area contributed by atoms with Crippen molar-refractivity contribution in [3.8, 4) is 5.75 Å². The average molecular weight is 587 g/mol. The first-order valence-electron chi connectivity index (χ1n) is 12.7. The van der Waals surface area contributed by atoms with Gasteiger partial charge in [0.05, 0.1) is 19.0 Å². The van der Waals surface area contributed by atoms with E-state index in [0.29, 0.717) is 0 Å². The van der Waals surface area contributed by atoms with E-state index in [2.05, 4.69) is 20.0 Å². The maximum atomic E-state index is 13.8. The van der Waals surface area contributed by atoms with Crippen molar-refractivity contribution in [3.63, 3.8) is 0 Å². The maximum absolute atomic E-state index is 13.8. The molecule has 41 heavy (non-hydrogen) atoms. The van der Waals surface area contributed by atoms with Crippen LogP contribution >= 0.6 is 7.75 Å². The molecule has 0 amide bonds. The van der Waals surface area contributed by atoms with Crippen LogP contribution in [0.15, 0.2) is 67.0 Å². The molecule has 3 heterocycles. The minimum absolute atomic E-state index is 0.0367. The third-order valence-corrected chi connectivity index (χ3v) is 7.83. The van der Waals surface area contributed by atoms with Gasteiger partial charge in [0.15, 0.2) is 23.2 Å². The van der Waals surface area contributed by atoms with Gasteiger partial charge in [0.1, 0.15) is 24.5 Å². The van der Waals surface area contributed by atoms with Gasteiger partial charge in [-0.25, -0.2) is 9.55 Å². The van der Waals surface area contributed by atoms with Crippen molar-refractivity contribution in [2.24, 2.45) is 0 Å². The number of imidazole rings is 1. The standard InChI is InChI=1S/C26H28FN6O7P/c1-16(25(35)37-13-17-8-4-2-5-9-17)32-41(36,40-18-10-6-3-7-11-18)38-14-19-12-20(34)24(39-19)33-15-29-21-22(28)30-26(27)31-23(21)33/h2-11,15-16,19-20,24,34H,12-14H2,1H3,(H,32,36)(H2,28,30,31)/t16-,19-,20+,24+,41?/m0/s1. The third kappa shape index (κ3) is 6.87. The van der Waals surface area contributed by atoms with Crippen LogP contribution in [0.5, 0.6) is 5.75 Å².